The van der Waals surface area contributed by atoms with Gasteiger partial charge in [0.15, 0.2) is 3.79 Å². The van der Waals surface area contributed by atoms with Crippen LogP contribution in [0.1, 0.15) is 6.42 Å². The summed E-state index contributed by atoms with van der Waals surface area (Å²) in [6.45, 7) is 0. The largest absolute Gasteiger partial charge is 0.480 e. The highest BCUT2D eigenvalue weighted by Gasteiger charge is 2.28. The quantitative estimate of drug-likeness (QED) is 0.734. The first-order valence-corrected chi connectivity index (χ1v) is 3.83. The number of halogens is 4. The van der Waals surface area contributed by atoms with Crippen LogP contribution in [-0.2, 0) is 4.79 Å². The van der Waals surface area contributed by atoms with E-state index in [2.05, 4.69) is 0 Å². The fraction of sp³-hybridized carbons (Fsp3) is 0.750. The van der Waals surface area contributed by atoms with E-state index in [-0.39, 0.29) is 6.42 Å². The number of alkyl halides is 4. The van der Waals surface area contributed by atoms with Gasteiger partial charge in [-0.05, 0) is 0 Å². The van der Waals surface area contributed by atoms with Gasteiger partial charge in [0.25, 0.3) is 0 Å². The molecule has 0 fully saturated rings. The Labute approximate surface area is 78.0 Å². The van der Waals surface area contributed by atoms with Crippen molar-refractivity contribution in [1.29, 1.82) is 0 Å². The molecule has 0 spiro atoms. The number of carboxylic acid groups (broad SMARTS) is 1. The molecule has 0 aliphatic rings. The maximum absolute atomic E-state index is 10.1. The van der Waals surface area contributed by atoms with Crippen LogP contribution in [0.5, 0.6) is 0 Å². The zero-order chi connectivity index (χ0) is 8.36. The van der Waals surface area contributed by atoms with Gasteiger partial charge in [-0.2, -0.15) is 0 Å². The number of hydrogen-bond donors (Lipinski definition) is 1. The predicted molar refractivity (Wildman–Crippen MR) is 42.2 cm³/mol. The molecule has 0 saturated heterocycles. The Kier molecular flexibility index (Phi) is 4.10. The fourth-order valence-electron chi connectivity index (χ4n) is 0.291. The molecule has 1 unspecified atom stereocenters. The summed E-state index contributed by atoms with van der Waals surface area (Å²) in [5.74, 6) is -1.19. The standard InChI is InChI=1S/C4H4Cl4O2/c5-2(3(9)10)1-4(6,7)8/h2H,1H2,(H,9,10). The van der Waals surface area contributed by atoms with Crippen molar-refractivity contribution in [3.05, 3.63) is 0 Å². The molecule has 0 aliphatic heterocycles. The highest BCUT2D eigenvalue weighted by molar-refractivity contribution is 6.67. The second-order valence-electron chi connectivity index (χ2n) is 1.63. The van der Waals surface area contributed by atoms with Crippen LogP contribution in [0.15, 0.2) is 0 Å². The maximum atomic E-state index is 10.1. The molecule has 0 rings (SSSR count). The van der Waals surface area contributed by atoms with E-state index in [1.165, 1.54) is 0 Å². The predicted octanol–water partition coefficient (Wildman–Crippen LogP) is 2.44. The molecule has 0 aromatic rings. The van der Waals surface area contributed by atoms with E-state index in [1.54, 1.807) is 0 Å². The molecule has 2 nitrogen and oxygen atoms in total. The van der Waals surface area contributed by atoms with Crippen LogP contribution >= 0.6 is 46.4 Å². The first-order valence-electron chi connectivity index (χ1n) is 2.26. The van der Waals surface area contributed by atoms with E-state index in [4.69, 9.17) is 51.5 Å². The highest BCUT2D eigenvalue weighted by Crippen LogP contribution is 2.32. The lowest BCUT2D eigenvalue weighted by Crippen LogP contribution is -2.20. The summed E-state index contributed by atoms with van der Waals surface area (Å²) < 4.78 is -1.59. The van der Waals surface area contributed by atoms with Crippen molar-refractivity contribution in [3.63, 3.8) is 0 Å². The van der Waals surface area contributed by atoms with E-state index in [0.717, 1.165) is 0 Å². The van der Waals surface area contributed by atoms with Crippen molar-refractivity contribution in [2.75, 3.05) is 0 Å². The van der Waals surface area contributed by atoms with Gasteiger partial charge in [0.1, 0.15) is 5.38 Å². The van der Waals surface area contributed by atoms with Gasteiger partial charge in [0.2, 0.25) is 0 Å². The number of rotatable bonds is 2. The molecule has 0 aliphatic carbocycles. The Hall–Kier alpha value is 0.630. The van der Waals surface area contributed by atoms with Crippen LogP contribution in [0.3, 0.4) is 0 Å². The molecule has 6 heteroatoms. The lowest BCUT2D eigenvalue weighted by atomic mass is 10.3. The number of hydrogen-bond acceptors (Lipinski definition) is 1. The number of aliphatic carboxylic acids is 1. The van der Waals surface area contributed by atoms with Gasteiger partial charge in [-0.15, -0.1) is 11.6 Å². The summed E-state index contributed by atoms with van der Waals surface area (Å²) in [7, 11) is 0. The topological polar surface area (TPSA) is 37.3 Å². The molecule has 0 amide bonds. The van der Waals surface area contributed by atoms with Crippen LogP contribution in [-0.4, -0.2) is 20.2 Å². The summed E-state index contributed by atoms with van der Waals surface area (Å²) in [6, 6.07) is 0. The molecule has 1 atom stereocenters. The fourth-order valence-corrected chi connectivity index (χ4v) is 1.22. The molecule has 0 radical (unpaired) electrons. The SMILES string of the molecule is O=C(O)C(Cl)CC(Cl)(Cl)Cl. The molecule has 0 aromatic carbocycles. The summed E-state index contributed by atoms with van der Waals surface area (Å²) in [4.78, 5) is 10.1. The monoisotopic (exact) mass is 224 g/mol. The average molecular weight is 226 g/mol. The summed E-state index contributed by atoms with van der Waals surface area (Å²) in [5.41, 5.74) is 0. The molecule has 1 N–H and O–H groups in total. The molecule has 0 saturated carbocycles. The van der Waals surface area contributed by atoms with Gasteiger partial charge in [-0.25, -0.2) is 0 Å². The Balaban J connectivity index is 3.80. The van der Waals surface area contributed by atoms with Crippen molar-refractivity contribution in [2.24, 2.45) is 0 Å². The summed E-state index contributed by atoms with van der Waals surface area (Å²) in [5, 5.41) is 7.09. The van der Waals surface area contributed by atoms with Gasteiger partial charge in [0, 0.05) is 6.42 Å². The molecule has 0 heterocycles. The lowest BCUT2D eigenvalue weighted by Gasteiger charge is -2.11. The Morgan fingerprint density at radius 2 is 1.90 bits per heavy atom. The van der Waals surface area contributed by atoms with Gasteiger partial charge in [-0.3, -0.25) is 4.79 Å². The van der Waals surface area contributed by atoms with E-state index >= 15 is 0 Å². The Bertz CT molecular complexity index is 130. The van der Waals surface area contributed by atoms with Crippen molar-refractivity contribution < 1.29 is 9.90 Å². The Morgan fingerprint density at radius 1 is 1.50 bits per heavy atom. The van der Waals surface area contributed by atoms with Crippen LogP contribution < -0.4 is 0 Å². The van der Waals surface area contributed by atoms with Crippen LogP contribution in [0.2, 0.25) is 0 Å². The molecular formula is C4H4Cl4O2. The maximum Gasteiger partial charge on any atom is 0.321 e. The van der Waals surface area contributed by atoms with Gasteiger partial charge >= 0.3 is 5.97 Å². The minimum absolute atomic E-state index is 0.200. The summed E-state index contributed by atoms with van der Waals surface area (Å²) >= 11 is 21.0. The van der Waals surface area contributed by atoms with Crippen LogP contribution in [0.4, 0.5) is 0 Å². The van der Waals surface area contributed by atoms with Gasteiger partial charge in [0.05, 0.1) is 0 Å². The second-order valence-corrected chi connectivity index (χ2v) is 4.67. The lowest BCUT2D eigenvalue weighted by molar-refractivity contribution is -0.136. The van der Waals surface area contributed by atoms with Crippen molar-refractivity contribution in [1.82, 2.24) is 0 Å². The third kappa shape index (κ3) is 5.42. The van der Waals surface area contributed by atoms with Gasteiger partial charge < -0.3 is 5.11 Å². The minimum atomic E-state index is -1.59. The molecule has 0 bridgehead atoms. The van der Waals surface area contributed by atoms with Crippen molar-refractivity contribution >= 4 is 52.4 Å². The summed E-state index contributed by atoms with van der Waals surface area (Å²) in [6.07, 6.45) is -0.200. The second kappa shape index (κ2) is 3.86. The third-order valence-electron chi connectivity index (χ3n) is 0.679. The van der Waals surface area contributed by atoms with E-state index < -0.39 is 15.1 Å². The number of carboxylic acids is 1. The van der Waals surface area contributed by atoms with Crippen LogP contribution in [0.25, 0.3) is 0 Å². The zero-order valence-corrected chi connectivity index (χ0v) is 7.68. The average Bonchev–Trinajstić information content (AvgIpc) is 1.60. The van der Waals surface area contributed by atoms with E-state index in [1.807, 2.05) is 0 Å². The van der Waals surface area contributed by atoms with Crippen molar-refractivity contribution in [3.8, 4) is 0 Å². The molecule has 0 aromatic heterocycles. The smallest absolute Gasteiger partial charge is 0.321 e. The normalized spacial score (nSPS) is 14.8. The van der Waals surface area contributed by atoms with E-state index in [0.29, 0.717) is 0 Å². The number of carbonyl (C=O) groups is 1. The van der Waals surface area contributed by atoms with Gasteiger partial charge in [-0.1, -0.05) is 34.8 Å². The first-order chi connectivity index (χ1) is 4.33. The third-order valence-corrected chi connectivity index (χ3v) is 1.48. The molecule has 60 valence electrons. The van der Waals surface area contributed by atoms with Crippen LogP contribution in [0, 0.1) is 0 Å². The van der Waals surface area contributed by atoms with Crippen molar-refractivity contribution in [2.45, 2.75) is 15.6 Å². The molecule has 10 heavy (non-hydrogen) atoms. The zero-order valence-electron chi connectivity index (χ0n) is 4.65. The minimum Gasteiger partial charge on any atom is -0.480 e. The molecular weight excluding hydrogens is 222 g/mol. The first kappa shape index (κ1) is 10.6. The highest BCUT2D eigenvalue weighted by atomic mass is 35.6. The Morgan fingerprint density at radius 3 is 2.00 bits per heavy atom. The van der Waals surface area contributed by atoms with E-state index in [9.17, 15) is 4.79 Å².